The van der Waals surface area contributed by atoms with Crippen molar-refractivity contribution in [3.63, 3.8) is 0 Å². The second-order valence-electron chi connectivity index (χ2n) is 6.28. The van der Waals surface area contributed by atoms with Crippen LogP contribution in [0.2, 0.25) is 0 Å². The molecule has 7 nitrogen and oxygen atoms in total. The second kappa shape index (κ2) is 7.25. The van der Waals surface area contributed by atoms with Gasteiger partial charge in [0.15, 0.2) is 0 Å². The van der Waals surface area contributed by atoms with Crippen molar-refractivity contribution in [1.82, 2.24) is 25.3 Å². The predicted octanol–water partition coefficient (Wildman–Crippen LogP) is 3.66. The zero-order valence-corrected chi connectivity index (χ0v) is 16.0. The molecule has 0 unspecified atom stereocenters. The summed E-state index contributed by atoms with van der Waals surface area (Å²) < 4.78 is 0.970. The van der Waals surface area contributed by atoms with Crippen molar-refractivity contribution >= 4 is 27.6 Å². The number of nitrogens with zero attached hydrogens (tertiary/aromatic N) is 4. The number of aromatic nitrogens is 3. The zero-order chi connectivity index (χ0) is 18.7. The second-order valence-corrected chi connectivity index (χ2v) is 7.51. The summed E-state index contributed by atoms with van der Waals surface area (Å²) >= 11 is 1.56. The Morgan fingerprint density at radius 1 is 1.35 bits per heavy atom. The van der Waals surface area contributed by atoms with Crippen LogP contribution in [-0.2, 0) is 5.54 Å². The van der Waals surface area contributed by atoms with Gasteiger partial charge in [-0.15, -0.1) is 11.3 Å². The number of hydrogen-bond acceptors (Lipinski definition) is 6. The van der Waals surface area contributed by atoms with E-state index in [9.17, 15) is 4.79 Å². The van der Waals surface area contributed by atoms with Crippen molar-refractivity contribution in [2.45, 2.75) is 33.2 Å². The molecule has 0 fully saturated rings. The first-order valence-corrected chi connectivity index (χ1v) is 9.13. The van der Waals surface area contributed by atoms with Gasteiger partial charge in [-0.05, 0) is 39.8 Å². The lowest BCUT2D eigenvalue weighted by atomic mass is 10.0. The smallest absolute Gasteiger partial charge is 0.351 e. The van der Waals surface area contributed by atoms with E-state index in [-0.39, 0.29) is 6.03 Å². The van der Waals surface area contributed by atoms with Gasteiger partial charge in [-0.25, -0.2) is 14.8 Å². The average molecular weight is 371 g/mol. The first-order valence-electron chi connectivity index (χ1n) is 8.31. The third-order valence-electron chi connectivity index (χ3n) is 3.80. The molecule has 1 N–H and O–H groups in total. The molecule has 8 heteroatoms. The van der Waals surface area contributed by atoms with Crippen molar-refractivity contribution in [1.29, 1.82) is 0 Å². The number of thiazole rings is 1. The van der Waals surface area contributed by atoms with Gasteiger partial charge in [0.05, 0.1) is 33.7 Å². The van der Waals surface area contributed by atoms with Gasteiger partial charge in [0.25, 0.3) is 0 Å². The summed E-state index contributed by atoms with van der Waals surface area (Å²) in [6, 6.07) is 7.04. The molecular weight excluding hydrogens is 350 g/mol. The summed E-state index contributed by atoms with van der Waals surface area (Å²) in [7, 11) is 0. The largest absolute Gasteiger partial charge is 0.355 e. The van der Waals surface area contributed by atoms with E-state index in [0.717, 1.165) is 20.9 Å². The van der Waals surface area contributed by atoms with E-state index in [2.05, 4.69) is 20.3 Å². The molecule has 26 heavy (non-hydrogen) atoms. The summed E-state index contributed by atoms with van der Waals surface area (Å²) in [6.45, 7) is 7.93. The highest BCUT2D eigenvalue weighted by molar-refractivity contribution is 7.18. The number of rotatable bonds is 5. The minimum absolute atomic E-state index is 0.355. The van der Waals surface area contributed by atoms with Crippen molar-refractivity contribution < 1.29 is 9.63 Å². The normalized spacial score (nSPS) is 11.4. The van der Waals surface area contributed by atoms with Crippen LogP contribution < -0.4 is 10.2 Å². The molecule has 3 rings (SSSR count). The first kappa shape index (κ1) is 18.1. The summed E-state index contributed by atoms with van der Waals surface area (Å²) in [5.74, 6) is 0.355. The van der Waals surface area contributed by atoms with Gasteiger partial charge in [0.2, 0.25) is 5.88 Å². The highest BCUT2D eigenvalue weighted by atomic mass is 32.1. The van der Waals surface area contributed by atoms with E-state index in [4.69, 9.17) is 4.84 Å². The van der Waals surface area contributed by atoms with E-state index in [0.29, 0.717) is 12.4 Å². The van der Waals surface area contributed by atoms with Gasteiger partial charge >= 0.3 is 6.03 Å². The highest BCUT2D eigenvalue weighted by Gasteiger charge is 2.27. The number of carbonyl (C=O) groups is 1. The van der Waals surface area contributed by atoms with Gasteiger partial charge < -0.3 is 10.2 Å². The summed E-state index contributed by atoms with van der Waals surface area (Å²) in [5, 5.41) is 5.15. The molecule has 0 spiro atoms. The Bertz CT molecular complexity index is 910. The number of aryl methyl sites for hydroxylation is 1. The lowest BCUT2D eigenvalue weighted by Crippen LogP contribution is -2.49. The van der Waals surface area contributed by atoms with E-state index in [1.165, 1.54) is 5.06 Å². The van der Waals surface area contributed by atoms with E-state index in [1.807, 2.05) is 45.9 Å². The Hall–Kier alpha value is -2.74. The molecule has 136 valence electrons. The Kier molecular flexibility index (Phi) is 5.03. The average Bonchev–Trinajstić information content (AvgIpc) is 2.99. The number of hydroxylamine groups is 2. The summed E-state index contributed by atoms with van der Waals surface area (Å²) in [6.07, 6.45) is 3.35. The minimum atomic E-state index is -0.638. The molecule has 0 aromatic carbocycles. The van der Waals surface area contributed by atoms with Crippen LogP contribution >= 0.6 is 11.3 Å². The number of nitrogens with one attached hydrogen (secondary N) is 1. The molecule has 3 heterocycles. The lowest BCUT2D eigenvalue weighted by Gasteiger charge is -2.29. The molecule has 3 aromatic rings. The first-order chi connectivity index (χ1) is 12.4. The molecule has 0 atom stereocenters. The molecular formula is C18H21N5O2S. The van der Waals surface area contributed by atoms with Crippen LogP contribution in [-0.4, -0.2) is 32.6 Å². The standard InChI is InChI=1S/C18H21N5O2S/c1-5-23(17(24)22-18(3,4)15-8-6-7-9-19-15)25-16-10-14-13(11-20-16)21-12(2)26-14/h6-11H,5H2,1-4H3,(H,22,24). The van der Waals surface area contributed by atoms with E-state index < -0.39 is 5.54 Å². The number of hydrogen-bond donors (Lipinski definition) is 1. The lowest BCUT2D eigenvalue weighted by molar-refractivity contribution is -0.0155. The minimum Gasteiger partial charge on any atom is -0.355 e. The number of amides is 2. The number of pyridine rings is 2. The van der Waals surface area contributed by atoms with Crippen molar-refractivity contribution in [3.8, 4) is 5.88 Å². The fraction of sp³-hybridized carbons (Fsp3) is 0.333. The molecule has 3 aromatic heterocycles. The van der Waals surface area contributed by atoms with E-state index >= 15 is 0 Å². The van der Waals surface area contributed by atoms with Gasteiger partial charge in [0.1, 0.15) is 5.52 Å². The fourth-order valence-electron chi connectivity index (χ4n) is 2.47. The van der Waals surface area contributed by atoms with Crippen molar-refractivity contribution in [3.05, 3.63) is 47.4 Å². The molecule has 0 aliphatic rings. The molecule has 0 saturated heterocycles. The number of urea groups is 1. The quantitative estimate of drug-likeness (QED) is 0.693. The monoisotopic (exact) mass is 371 g/mol. The molecule has 0 aliphatic carbocycles. The molecule has 2 amide bonds. The number of fused-ring (bicyclic) bond motifs is 1. The van der Waals surface area contributed by atoms with Crippen LogP contribution in [0, 0.1) is 6.92 Å². The molecule has 0 radical (unpaired) electrons. The maximum Gasteiger partial charge on any atom is 0.351 e. The van der Waals surface area contributed by atoms with Crippen LogP contribution in [0.15, 0.2) is 36.7 Å². The van der Waals surface area contributed by atoms with Crippen molar-refractivity contribution in [2.24, 2.45) is 0 Å². The topological polar surface area (TPSA) is 80.2 Å². The zero-order valence-electron chi connectivity index (χ0n) is 15.2. The maximum atomic E-state index is 12.7. The van der Waals surface area contributed by atoms with Crippen LogP contribution in [0.4, 0.5) is 4.79 Å². The SMILES string of the molecule is CCN(Oc1cc2sc(C)nc2cn1)C(=O)NC(C)(C)c1ccccn1. The van der Waals surface area contributed by atoms with Gasteiger partial charge in [-0.1, -0.05) is 6.07 Å². The third-order valence-corrected chi connectivity index (χ3v) is 4.73. The van der Waals surface area contributed by atoms with Crippen LogP contribution in [0.25, 0.3) is 10.2 Å². The van der Waals surface area contributed by atoms with Crippen LogP contribution in [0.5, 0.6) is 5.88 Å². The predicted molar refractivity (Wildman–Crippen MR) is 101 cm³/mol. The fourth-order valence-corrected chi connectivity index (χ4v) is 3.29. The van der Waals surface area contributed by atoms with Gasteiger partial charge in [-0.3, -0.25) is 4.98 Å². The van der Waals surface area contributed by atoms with Crippen molar-refractivity contribution in [2.75, 3.05) is 6.54 Å². The van der Waals surface area contributed by atoms with Gasteiger partial charge in [-0.2, -0.15) is 5.06 Å². The molecule has 0 saturated carbocycles. The molecule has 0 aliphatic heterocycles. The number of carbonyl (C=O) groups excluding carboxylic acids is 1. The maximum absolute atomic E-state index is 12.7. The molecule has 0 bridgehead atoms. The Labute approximate surface area is 156 Å². The van der Waals surface area contributed by atoms with Crippen LogP contribution in [0.3, 0.4) is 0 Å². The summed E-state index contributed by atoms with van der Waals surface area (Å²) in [5.41, 5.74) is 0.953. The van der Waals surface area contributed by atoms with Crippen LogP contribution in [0.1, 0.15) is 31.5 Å². The third kappa shape index (κ3) is 3.91. The van der Waals surface area contributed by atoms with Gasteiger partial charge in [0, 0.05) is 12.3 Å². The highest BCUT2D eigenvalue weighted by Crippen LogP contribution is 2.24. The Morgan fingerprint density at radius 3 is 2.85 bits per heavy atom. The Balaban J connectivity index is 1.73. The summed E-state index contributed by atoms with van der Waals surface area (Å²) in [4.78, 5) is 31.3. The van der Waals surface area contributed by atoms with E-state index in [1.54, 1.807) is 29.8 Å². The Morgan fingerprint density at radius 2 is 2.15 bits per heavy atom.